The van der Waals surface area contributed by atoms with Gasteiger partial charge in [-0.2, -0.15) is 5.10 Å². The maximum Gasteiger partial charge on any atom is 0.510 e. The van der Waals surface area contributed by atoms with Crippen LogP contribution >= 0.6 is 11.6 Å². The minimum atomic E-state index is -1.53. The molecule has 0 unspecified atom stereocenters. The van der Waals surface area contributed by atoms with E-state index in [-0.39, 0.29) is 5.59 Å². The molecule has 2 aromatic rings. The summed E-state index contributed by atoms with van der Waals surface area (Å²) in [7, 11) is -1.53. The van der Waals surface area contributed by atoms with Gasteiger partial charge in [0.15, 0.2) is 0 Å². The van der Waals surface area contributed by atoms with Crippen molar-refractivity contribution in [3.05, 3.63) is 47.1 Å². The van der Waals surface area contributed by atoms with Crippen LogP contribution in [0.25, 0.3) is 0 Å². The van der Waals surface area contributed by atoms with Crippen molar-refractivity contribution in [2.75, 3.05) is 0 Å². The lowest BCUT2D eigenvalue weighted by Gasteiger charge is -2.02. The highest BCUT2D eigenvalue weighted by atomic mass is 35.5. The summed E-state index contributed by atoms with van der Waals surface area (Å²) < 4.78 is 1.63. The molecule has 0 bridgehead atoms. The number of halogens is 1. The van der Waals surface area contributed by atoms with Gasteiger partial charge in [-0.15, -0.1) is 0 Å². The summed E-state index contributed by atoms with van der Waals surface area (Å²) in [4.78, 5) is 0. The second-order valence-electron chi connectivity index (χ2n) is 3.44. The van der Waals surface area contributed by atoms with E-state index in [4.69, 9.17) is 21.6 Å². The first-order chi connectivity index (χ1) is 7.65. The van der Waals surface area contributed by atoms with Crippen molar-refractivity contribution in [1.29, 1.82) is 0 Å². The predicted molar refractivity (Wildman–Crippen MR) is 62.6 cm³/mol. The van der Waals surface area contributed by atoms with E-state index < -0.39 is 7.12 Å². The van der Waals surface area contributed by atoms with Gasteiger partial charge in [-0.3, -0.25) is 4.68 Å². The second-order valence-corrected chi connectivity index (χ2v) is 3.88. The van der Waals surface area contributed by atoms with E-state index in [0.717, 1.165) is 5.56 Å². The van der Waals surface area contributed by atoms with Crippen LogP contribution in [0.3, 0.4) is 0 Å². The summed E-state index contributed by atoms with van der Waals surface area (Å²) in [6.07, 6.45) is 1.69. The van der Waals surface area contributed by atoms with Gasteiger partial charge >= 0.3 is 7.12 Å². The zero-order chi connectivity index (χ0) is 11.5. The molecular weight excluding hydrogens is 226 g/mol. The van der Waals surface area contributed by atoms with Crippen LogP contribution in [0.15, 0.2) is 36.5 Å². The zero-order valence-corrected chi connectivity index (χ0v) is 9.17. The fourth-order valence-corrected chi connectivity index (χ4v) is 1.64. The van der Waals surface area contributed by atoms with Crippen LogP contribution in [0.4, 0.5) is 0 Å². The van der Waals surface area contributed by atoms with Crippen LogP contribution in [-0.4, -0.2) is 26.9 Å². The third kappa shape index (κ3) is 2.63. The number of benzene rings is 1. The average molecular weight is 236 g/mol. The third-order valence-electron chi connectivity index (χ3n) is 2.16. The lowest BCUT2D eigenvalue weighted by atomic mass is 9.87. The summed E-state index contributed by atoms with van der Waals surface area (Å²) in [5.74, 6) is 0. The number of nitrogens with zero attached hydrogens (tertiary/aromatic N) is 2. The molecule has 0 fully saturated rings. The summed E-state index contributed by atoms with van der Waals surface area (Å²) in [6.45, 7) is 0.549. The molecule has 0 radical (unpaired) electrons. The molecule has 82 valence electrons. The van der Waals surface area contributed by atoms with Crippen molar-refractivity contribution in [3.8, 4) is 0 Å². The summed E-state index contributed by atoms with van der Waals surface area (Å²) >= 11 is 5.86. The lowest BCUT2D eigenvalue weighted by molar-refractivity contribution is 0.423. The molecule has 0 aliphatic rings. The average Bonchev–Trinajstić information content (AvgIpc) is 2.66. The first-order valence-corrected chi connectivity index (χ1v) is 5.17. The van der Waals surface area contributed by atoms with Crippen molar-refractivity contribution in [2.24, 2.45) is 0 Å². The summed E-state index contributed by atoms with van der Waals surface area (Å²) in [5.41, 5.74) is 1.25. The van der Waals surface area contributed by atoms with E-state index in [1.807, 2.05) is 18.2 Å². The van der Waals surface area contributed by atoms with Crippen LogP contribution in [0.5, 0.6) is 0 Å². The highest BCUT2D eigenvalue weighted by molar-refractivity contribution is 6.57. The Hall–Kier alpha value is -1.30. The highest BCUT2D eigenvalue weighted by Crippen LogP contribution is 2.11. The fraction of sp³-hybridized carbons (Fsp3) is 0.100. The van der Waals surface area contributed by atoms with Gasteiger partial charge in [0, 0.05) is 11.2 Å². The first kappa shape index (κ1) is 11.2. The predicted octanol–water partition coefficient (Wildman–Crippen LogP) is 0.265. The molecule has 1 heterocycles. The standard InChI is InChI=1S/C10H10BClN2O2/c12-9-3-1-2-8(6-9)7-14-5-4-10(13-14)11(15)16/h1-6,15-16H,7H2. The fourth-order valence-electron chi connectivity index (χ4n) is 1.43. The number of hydrogen-bond acceptors (Lipinski definition) is 3. The Morgan fingerprint density at radius 3 is 2.75 bits per heavy atom. The number of aromatic nitrogens is 2. The van der Waals surface area contributed by atoms with Crippen molar-refractivity contribution >= 4 is 24.3 Å². The van der Waals surface area contributed by atoms with Crippen LogP contribution < -0.4 is 5.59 Å². The monoisotopic (exact) mass is 236 g/mol. The van der Waals surface area contributed by atoms with E-state index in [0.29, 0.717) is 11.6 Å². The lowest BCUT2D eigenvalue weighted by Crippen LogP contribution is -2.31. The second kappa shape index (κ2) is 4.70. The van der Waals surface area contributed by atoms with Gasteiger partial charge in [0.1, 0.15) is 0 Å². The van der Waals surface area contributed by atoms with Gasteiger partial charge in [-0.05, 0) is 23.8 Å². The molecule has 0 atom stereocenters. The Balaban J connectivity index is 2.14. The van der Waals surface area contributed by atoms with Crippen molar-refractivity contribution < 1.29 is 10.0 Å². The molecule has 0 amide bonds. The quantitative estimate of drug-likeness (QED) is 0.752. The van der Waals surface area contributed by atoms with Gasteiger partial charge < -0.3 is 10.0 Å². The Bertz CT molecular complexity index is 487. The Morgan fingerprint density at radius 2 is 2.12 bits per heavy atom. The van der Waals surface area contributed by atoms with Crippen LogP contribution in [-0.2, 0) is 6.54 Å². The minimum absolute atomic E-state index is 0.238. The minimum Gasteiger partial charge on any atom is -0.422 e. The van der Waals surface area contributed by atoms with E-state index in [9.17, 15) is 0 Å². The van der Waals surface area contributed by atoms with Gasteiger partial charge in [0.05, 0.1) is 12.1 Å². The normalized spacial score (nSPS) is 10.4. The third-order valence-corrected chi connectivity index (χ3v) is 2.39. The molecule has 1 aromatic carbocycles. The van der Waals surface area contributed by atoms with E-state index in [1.54, 1.807) is 23.0 Å². The topological polar surface area (TPSA) is 58.3 Å². The molecule has 0 saturated carbocycles. The van der Waals surface area contributed by atoms with E-state index >= 15 is 0 Å². The zero-order valence-electron chi connectivity index (χ0n) is 8.42. The van der Waals surface area contributed by atoms with Gasteiger partial charge in [-0.1, -0.05) is 23.7 Å². The first-order valence-electron chi connectivity index (χ1n) is 4.79. The number of rotatable bonds is 3. The number of hydrogen-bond donors (Lipinski definition) is 2. The molecule has 16 heavy (non-hydrogen) atoms. The largest absolute Gasteiger partial charge is 0.510 e. The van der Waals surface area contributed by atoms with Crippen LogP contribution in [0, 0.1) is 0 Å². The molecule has 6 heteroatoms. The van der Waals surface area contributed by atoms with Crippen molar-refractivity contribution in [1.82, 2.24) is 9.78 Å². The van der Waals surface area contributed by atoms with Crippen LogP contribution in [0.2, 0.25) is 5.02 Å². The van der Waals surface area contributed by atoms with Crippen LogP contribution in [0.1, 0.15) is 5.56 Å². The Morgan fingerprint density at radius 1 is 1.31 bits per heavy atom. The van der Waals surface area contributed by atoms with E-state index in [2.05, 4.69) is 5.10 Å². The van der Waals surface area contributed by atoms with Gasteiger partial charge in [0.25, 0.3) is 0 Å². The van der Waals surface area contributed by atoms with Gasteiger partial charge in [0.2, 0.25) is 0 Å². The molecule has 0 aliphatic carbocycles. The molecular formula is C10H10BClN2O2. The molecule has 2 N–H and O–H groups in total. The SMILES string of the molecule is OB(O)c1ccn(Cc2cccc(Cl)c2)n1. The molecule has 0 aliphatic heterocycles. The maximum absolute atomic E-state index is 8.91. The summed E-state index contributed by atoms with van der Waals surface area (Å²) in [5, 5.41) is 22.5. The maximum atomic E-state index is 8.91. The molecule has 4 nitrogen and oxygen atoms in total. The molecule has 2 rings (SSSR count). The smallest absolute Gasteiger partial charge is 0.422 e. The Labute approximate surface area is 98.2 Å². The van der Waals surface area contributed by atoms with Crippen molar-refractivity contribution in [3.63, 3.8) is 0 Å². The molecule has 1 aromatic heterocycles. The molecule has 0 spiro atoms. The summed E-state index contributed by atoms with van der Waals surface area (Å²) in [6, 6.07) is 9.01. The van der Waals surface area contributed by atoms with Crippen molar-refractivity contribution in [2.45, 2.75) is 6.54 Å². The highest BCUT2D eigenvalue weighted by Gasteiger charge is 2.14. The Kier molecular flexibility index (Phi) is 3.29. The molecule has 0 saturated heterocycles. The van der Waals surface area contributed by atoms with E-state index in [1.165, 1.54) is 0 Å². The van der Waals surface area contributed by atoms with Gasteiger partial charge in [-0.25, -0.2) is 0 Å².